The summed E-state index contributed by atoms with van der Waals surface area (Å²) in [4.78, 5) is 33.8. The number of rotatable bonds is 11. The number of hydroxylamine groups is 1. The van der Waals surface area contributed by atoms with E-state index in [9.17, 15) is 19.1 Å². The summed E-state index contributed by atoms with van der Waals surface area (Å²) < 4.78 is 14.0. The zero-order chi connectivity index (χ0) is 25.4. The van der Waals surface area contributed by atoms with Crippen molar-refractivity contribution in [3.63, 3.8) is 0 Å². The minimum absolute atomic E-state index is 0.0716. The number of aliphatic hydroxyl groups excluding tert-OH is 1. The quantitative estimate of drug-likeness (QED) is 0.245. The van der Waals surface area contributed by atoms with Gasteiger partial charge in [0.05, 0.1) is 28.7 Å². The minimum atomic E-state index is -1.51. The molecule has 8 nitrogen and oxygen atoms in total. The van der Waals surface area contributed by atoms with Crippen LogP contribution in [-0.2, 0) is 11.2 Å². The van der Waals surface area contributed by atoms with E-state index < -0.39 is 35.5 Å². The lowest BCUT2D eigenvalue weighted by molar-refractivity contribution is -0.135. The highest BCUT2D eigenvalue weighted by Crippen LogP contribution is 2.24. The van der Waals surface area contributed by atoms with Gasteiger partial charge in [-0.3, -0.25) is 24.8 Å². The number of aliphatic hydroxyl groups is 1. The van der Waals surface area contributed by atoms with Crippen LogP contribution in [0.25, 0.3) is 11.0 Å². The first-order valence-electron chi connectivity index (χ1n) is 11.5. The number of pyridine rings is 2. The fourth-order valence-corrected chi connectivity index (χ4v) is 3.90. The summed E-state index contributed by atoms with van der Waals surface area (Å²) in [5.74, 6) is -1.99. The number of aromatic nitrogens is 2. The molecule has 35 heavy (non-hydrogen) atoms. The number of carbonyl (C=O) groups is 2. The van der Waals surface area contributed by atoms with Crippen molar-refractivity contribution in [2.24, 2.45) is 5.92 Å². The summed E-state index contributed by atoms with van der Waals surface area (Å²) in [6.07, 6.45) is 2.33. The van der Waals surface area contributed by atoms with Gasteiger partial charge in [0.15, 0.2) is 0 Å². The molecular formula is C26H31FN4O4. The van der Waals surface area contributed by atoms with Crippen LogP contribution in [0, 0.1) is 5.92 Å². The number of carbonyl (C=O) groups excluding carboxylic acids is 2. The summed E-state index contributed by atoms with van der Waals surface area (Å²) in [7, 11) is 0. The van der Waals surface area contributed by atoms with E-state index >= 15 is 0 Å². The first kappa shape index (κ1) is 26.2. The summed E-state index contributed by atoms with van der Waals surface area (Å²) in [6, 6.07) is 13.7. The SMILES string of the molecule is CC(C)(F)CCC(CC(O)C(Cc1ccccc1)NC(=O)c1cnc2cccnc2c1)C(=O)NO. The zero-order valence-electron chi connectivity index (χ0n) is 19.8. The second kappa shape index (κ2) is 11.8. The van der Waals surface area contributed by atoms with E-state index in [1.165, 1.54) is 20.0 Å². The van der Waals surface area contributed by atoms with Crippen LogP contribution in [0.2, 0.25) is 0 Å². The number of nitrogens with zero attached hydrogens (tertiary/aromatic N) is 2. The first-order valence-corrected chi connectivity index (χ1v) is 11.5. The van der Waals surface area contributed by atoms with Gasteiger partial charge in [-0.05, 0) is 63.3 Å². The van der Waals surface area contributed by atoms with Gasteiger partial charge in [0.2, 0.25) is 5.91 Å². The molecule has 2 heterocycles. The van der Waals surface area contributed by atoms with Crippen molar-refractivity contribution in [2.75, 3.05) is 0 Å². The molecular weight excluding hydrogens is 451 g/mol. The van der Waals surface area contributed by atoms with Crippen molar-refractivity contribution in [2.45, 2.75) is 57.3 Å². The highest BCUT2D eigenvalue weighted by molar-refractivity contribution is 5.96. The summed E-state index contributed by atoms with van der Waals surface area (Å²) in [5.41, 5.74) is 2.47. The minimum Gasteiger partial charge on any atom is -0.391 e. The molecule has 3 rings (SSSR count). The first-order chi connectivity index (χ1) is 16.7. The van der Waals surface area contributed by atoms with Gasteiger partial charge in [0.25, 0.3) is 5.91 Å². The number of hydrogen-bond donors (Lipinski definition) is 4. The topological polar surface area (TPSA) is 124 Å². The van der Waals surface area contributed by atoms with Crippen molar-refractivity contribution in [3.05, 3.63) is 72.1 Å². The average Bonchev–Trinajstić information content (AvgIpc) is 2.85. The molecule has 0 aliphatic heterocycles. The van der Waals surface area contributed by atoms with Gasteiger partial charge < -0.3 is 10.4 Å². The van der Waals surface area contributed by atoms with E-state index in [1.54, 1.807) is 29.9 Å². The van der Waals surface area contributed by atoms with Crippen molar-refractivity contribution in [3.8, 4) is 0 Å². The van der Waals surface area contributed by atoms with Gasteiger partial charge in [0.1, 0.15) is 5.67 Å². The molecule has 0 radical (unpaired) electrons. The van der Waals surface area contributed by atoms with Crippen molar-refractivity contribution < 1.29 is 24.3 Å². The van der Waals surface area contributed by atoms with Gasteiger partial charge in [-0.1, -0.05) is 30.3 Å². The largest absolute Gasteiger partial charge is 0.391 e. The molecule has 0 spiro atoms. The van der Waals surface area contributed by atoms with Crippen LogP contribution in [0.4, 0.5) is 4.39 Å². The molecule has 3 atom stereocenters. The monoisotopic (exact) mass is 482 g/mol. The van der Waals surface area contributed by atoms with Crippen LogP contribution in [0.5, 0.6) is 0 Å². The molecule has 0 saturated carbocycles. The third-order valence-electron chi connectivity index (χ3n) is 5.89. The van der Waals surface area contributed by atoms with Gasteiger partial charge in [0, 0.05) is 18.3 Å². The maximum atomic E-state index is 14.0. The standard InChI is InChI=1S/C26H31FN4O4/c1-26(2,27)11-10-18(25(34)31-35)15-23(32)22(13-17-7-4-3-5-8-17)30-24(33)19-14-21-20(29-16-19)9-6-12-28-21/h3-9,12,14,16,18,22-23,32,35H,10-11,13,15H2,1-2H3,(H,30,33)(H,31,34). The smallest absolute Gasteiger partial charge is 0.253 e. The molecule has 3 unspecified atom stereocenters. The lowest BCUT2D eigenvalue weighted by Crippen LogP contribution is -2.46. The van der Waals surface area contributed by atoms with E-state index in [4.69, 9.17) is 5.21 Å². The molecule has 3 aromatic rings. The molecule has 0 bridgehead atoms. The predicted octanol–water partition coefficient (Wildman–Crippen LogP) is 3.37. The lowest BCUT2D eigenvalue weighted by atomic mass is 9.88. The number of benzene rings is 1. The Hall–Kier alpha value is -3.43. The maximum absolute atomic E-state index is 14.0. The number of halogens is 1. The number of nitrogens with one attached hydrogen (secondary N) is 2. The fraction of sp³-hybridized carbons (Fsp3) is 0.385. The summed E-state index contributed by atoms with van der Waals surface area (Å²) in [6.45, 7) is 2.81. The van der Waals surface area contributed by atoms with Gasteiger partial charge in [-0.2, -0.15) is 0 Å². The summed E-state index contributed by atoms with van der Waals surface area (Å²) >= 11 is 0. The zero-order valence-corrected chi connectivity index (χ0v) is 19.8. The number of fused-ring (bicyclic) bond motifs is 1. The van der Waals surface area contributed by atoms with E-state index in [0.29, 0.717) is 17.5 Å². The molecule has 2 amide bonds. The predicted molar refractivity (Wildman–Crippen MR) is 129 cm³/mol. The Kier molecular flexibility index (Phi) is 8.84. The Bertz CT molecular complexity index is 1140. The van der Waals surface area contributed by atoms with Crippen LogP contribution in [0.15, 0.2) is 60.9 Å². The fourth-order valence-electron chi connectivity index (χ4n) is 3.90. The number of amides is 2. The average molecular weight is 483 g/mol. The van der Waals surface area contributed by atoms with Crippen LogP contribution in [0.3, 0.4) is 0 Å². The number of hydrogen-bond acceptors (Lipinski definition) is 6. The van der Waals surface area contributed by atoms with Gasteiger partial charge in [-0.15, -0.1) is 0 Å². The number of alkyl halides is 1. The van der Waals surface area contributed by atoms with Gasteiger partial charge >= 0.3 is 0 Å². The molecule has 0 aliphatic rings. The Balaban J connectivity index is 1.80. The van der Waals surface area contributed by atoms with Crippen molar-refractivity contribution in [1.82, 2.24) is 20.8 Å². The Morgan fingerprint density at radius 3 is 2.51 bits per heavy atom. The normalized spacial score (nSPS) is 14.2. The third kappa shape index (κ3) is 7.80. The van der Waals surface area contributed by atoms with Gasteiger partial charge in [-0.25, -0.2) is 9.87 Å². The van der Waals surface area contributed by atoms with Crippen LogP contribution in [-0.4, -0.2) is 49.9 Å². The van der Waals surface area contributed by atoms with Crippen molar-refractivity contribution >= 4 is 22.8 Å². The molecule has 0 saturated heterocycles. The third-order valence-corrected chi connectivity index (χ3v) is 5.89. The Morgan fingerprint density at radius 1 is 1.09 bits per heavy atom. The maximum Gasteiger partial charge on any atom is 0.253 e. The van der Waals surface area contributed by atoms with E-state index in [1.807, 2.05) is 30.3 Å². The molecule has 4 N–H and O–H groups in total. The molecule has 9 heteroatoms. The molecule has 0 aliphatic carbocycles. The molecule has 1 aromatic carbocycles. The summed E-state index contributed by atoms with van der Waals surface area (Å²) in [5, 5.41) is 23.1. The molecule has 2 aromatic heterocycles. The van der Waals surface area contributed by atoms with Crippen molar-refractivity contribution in [1.29, 1.82) is 0 Å². The van der Waals surface area contributed by atoms with Crippen LogP contribution < -0.4 is 10.8 Å². The Morgan fingerprint density at radius 2 is 1.83 bits per heavy atom. The highest BCUT2D eigenvalue weighted by Gasteiger charge is 2.30. The highest BCUT2D eigenvalue weighted by atomic mass is 19.1. The van der Waals surface area contributed by atoms with Crippen LogP contribution in [0.1, 0.15) is 49.0 Å². The van der Waals surface area contributed by atoms with E-state index in [0.717, 1.165) is 5.56 Å². The lowest BCUT2D eigenvalue weighted by Gasteiger charge is -2.28. The second-order valence-electron chi connectivity index (χ2n) is 9.27. The molecule has 0 fully saturated rings. The second-order valence-corrected chi connectivity index (χ2v) is 9.27. The van der Waals surface area contributed by atoms with E-state index in [2.05, 4.69) is 15.3 Å². The van der Waals surface area contributed by atoms with E-state index in [-0.39, 0.29) is 24.8 Å². The molecule has 186 valence electrons. The Labute approximate surface area is 203 Å². The van der Waals surface area contributed by atoms with Crippen LogP contribution >= 0.6 is 0 Å².